The summed E-state index contributed by atoms with van der Waals surface area (Å²) in [6.07, 6.45) is 5.39. The van der Waals surface area contributed by atoms with Crippen molar-refractivity contribution in [2.45, 2.75) is 32.0 Å². The smallest absolute Gasteiger partial charge is 0.223 e. The molecule has 0 aromatic carbocycles. The highest BCUT2D eigenvalue weighted by Crippen LogP contribution is 2.33. The number of ether oxygens (including phenoxy) is 1. The van der Waals surface area contributed by atoms with Crippen LogP contribution in [-0.4, -0.2) is 41.6 Å². The highest BCUT2D eigenvalue weighted by molar-refractivity contribution is 5.79. The third-order valence-electron chi connectivity index (χ3n) is 5.42. The zero-order chi connectivity index (χ0) is 17.8. The molecule has 6 heteroatoms. The molecule has 2 aliphatic rings. The quantitative estimate of drug-likeness (QED) is 0.891. The molecular formula is C20H25N3O3. The van der Waals surface area contributed by atoms with Gasteiger partial charge in [0, 0.05) is 37.7 Å². The molecule has 2 saturated heterocycles. The van der Waals surface area contributed by atoms with Gasteiger partial charge in [0.2, 0.25) is 5.91 Å². The number of carbonyl (C=O) groups excluding carboxylic acids is 1. The van der Waals surface area contributed by atoms with E-state index >= 15 is 0 Å². The van der Waals surface area contributed by atoms with Gasteiger partial charge in [0.25, 0.3) is 0 Å². The van der Waals surface area contributed by atoms with E-state index in [1.807, 2.05) is 30.3 Å². The molecule has 6 nitrogen and oxygen atoms in total. The third-order valence-corrected chi connectivity index (χ3v) is 5.42. The van der Waals surface area contributed by atoms with Crippen molar-refractivity contribution in [1.29, 1.82) is 0 Å². The van der Waals surface area contributed by atoms with Crippen molar-refractivity contribution in [2.24, 2.45) is 11.8 Å². The zero-order valence-electron chi connectivity index (χ0n) is 14.8. The molecule has 1 N–H and O–H groups in total. The van der Waals surface area contributed by atoms with Gasteiger partial charge >= 0.3 is 0 Å². The Labute approximate surface area is 153 Å². The van der Waals surface area contributed by atoms with E-state index in [4.69, 9.17) is 9.15 Å². The molecule has 0 unspecified atom stereocenters. The number of nitrogens with one attached hydrogen (secondary N) is 1. The number of fused-ring (bicyclic) bond motifs is 1. The second-order valence-corrected chi connectivity index (χ2v) is 7.11. The van der Waals surface area contributed by atoms with Gasteiger partial charge < -0.3 is 14.5 Å². The average Bonchev–Trinajstić information content (AvgIpc) is 3.19. The number of pyridine rings is 1. The number of carbonyl (C=O) groups is 1. The van der Waals surface area contributed by atoms with Gasteiger partial charge in [-0.1, -0.05) is 6.07 Å². The minimum atomic E-state index is -0.00290. The lowest BCUT2D eigenvalue weighted by atomic mass is 9.79. The molecule has 26 heavy (non-hydrogen) atoms. The Morgan fingerprint density at radius 2 is 2.23 bits per heavy atom. The van der Waals surface area contributed by atoms with Crippen molar-refractivity contribution in [3.63, 3.8) is 0 Å². The van der Waals surface area contributed by atoms with Crippen LogP contribution in [0.25, 0.3) is 0 Å². The van der Waals surface area contributed by atoms with E-state index in [0.29, 0.717) is 13.2 Å². The summed E-state index contributed by atoms with van der Waals surface area (Å²) in [4.78, 5) is 19.5. The van der Waals surface area contributed by atoms with Crippen LogP contribution in [0.3, 0.4) is 0 Å². The van der Waals surface area contributed by atoms with Crippen LogP contribution in [0.5, 0.6) is 0 Å². The summed E-state index contributed by atoms with van der Waals surface area (Å²) in [6.45, 7) is 3.78. The van der Waals surface area contributed by atoms with Crippen LogP contribution in [0.2, 0.25) is 0 Å². The highest BCUT2D eigenvalue weighted by Gasteiger charge is 2.41. The second-order valence-electron chi connectivity index (χ2n) is 7.11. The number of likely N-dealkylation sites (tertiary alicyclic amines) is 1. The second kappa shape index (κ2) is 8.01. The Kier molecular flexibility index (Phi) is 5.32. The van der Waals surface area contributed by atoms with Crippen LogP contribution in [0.1, 0.15) is 24.3 Å². The normalized spacial score (nSPS) is 26.2. The summed E-state index contributed by atoms with van der Waals surface area (Å²) >= 11 is 0. The molecule has 2 aliphatic heterocycles. The fraction of sp³-hybridized carbons (Fsp3) is 0.500. The molecule has 0 aliphatic carbocycles. The molecule has 4 rings (SSSR count). The van der Waals surface area contributed by atoms with Gasteiger partial charge in [-0.25, -0.2) is 0 Å². The van der Waals surface area contributed by atoms with E-state index in [9.17, 15) is 4.79 Å². The SMILES string of the molecule is O=C(NCc1ccccn1)[C@@H]1CCO[C@@H]2CCN(Cc3ccco3)C[C@H]21. The first-order valence-corrected chi connectivity index (χ1v) is 9.33. The summed E-state index contributed by atoms with van der Waals surface area (Å²) in [5.74, 6) is 1.32. The molecule has 3 atom stereocenters. The molecule has 4 heterocycles. The summed E-state index contributed by atoms with van der Waals surface area (Å²) in [6, 6.07) is 9.66. The molecule has 2 fully saturated rings. The summed E-state index contributed by atoms with van der Waals surface area (Å²) in [7, 11) is 0. The topological polar surface area (TPSA) is 67.6 Å². The van der Waals surface area contributed by atoms with Crippen LogP contribution in [0.15, 0.2) is 47.2 Å². The molecule has 0 spiro atoms. The van der Waals surface area contributed by atoms with Gasteiger partial charge in [-0.05, 0) is 37.1 Å². The van der Waals surface area contributed by atoms with E-state index in [0.717, 1.165) is 43.9 Å². The predicted octanol–water partition coefficient (Wildman–Crippen LogP) is 2.22. The molecular weight excluding hydrogens is 330 g/mol. The van der Waals surface area contributed by atoms with Crippen LogP contribution in [-0.2, 0) is 22.6 Å². The van der Waals surface area contributed by atoms with E-state index in [2.05, 4.69) is 15.2 Å². The van der Waals surface area contributed by atoms with Crippen LogP contribution >= 0.6 is 0 Å². The number of hydrogen-bond donors (Lipinski definition) is 1. The number of piperidine rings is 1. The average molecular weight is 355 g/mol. The van der Waals surface area contributed by atoms with Gasteiger partial charge in [-0.2, -0.15) is 0 Å². The fourth-order valence-electron chi connectivity index (χ4n) is 4.09. The lowest BCUT2D eigenvalue weighted by Gasteiger charge is -2.44. The van der Waals surface area contributed by atoms with Crippen LogP contribution in [0, 0.1) is 11.8 Å². The van der Waals surface area contributed by atoms with Gasteiger partial charge in [0.1, 0.15) is 5.76 Å². The predicted molar refractivity (Wildman–Crippen MR) is 96.0 cm³/mol. The van der Waals surface area contributed by atoms with Gasteiger partial charge in [0.05, 0.1) is 31.2 Å². The zero-order valence-corrected chi connectivity index (χ0v) is 14.8. The molecule has 0 radical (unpaired) electrons. The summed E-state index contributed by atoms with van der Waals surface area (Å²) in [5, 5.41) is 3.07. The van der Waals surface area contributed by atoms with Crippen molar-refractivity contribution in [1.82, 2.24) is 15.2 Å². The Morgan fingerprint density at radius 1 is 1.27 bits per heavy atom. The van der Waals surface area contributed by atoms with Crippen LogP contribution < -0.4 is 5.32 Å². The lowest BCUT2D eigenvalue weighted by Crippen LogP contribution is -2.53. The van der Waals surface area contributed by atoms with Crippen molar-refractivity contribution < 1.29 is 13.9 Å². The maximum atomic E-state index is 12.8. The number of hydrogen-bond acceptors (Lipinski definition) is 5. The van der Waals surface area contributed by atoms with Crippen molar-refractivity contribution in [3.8, 4) is 0 Å². The van der Waals surface area contributed by atoms with Gasteiger partial charge in [-0.3, -0.25) is 14.7 Å². The van der Waals surface area contributed by atoms with Gasteiger partial charge in [-0.15, -0.1) is 0 Å². The van der Waals surface area contributed by atoms with Crippen LogP contribution in [0.4, 0.5) is 0 Å². The summed E-state index contributed by atoms with van der Waals surface area (Å²) < 4.78 is 11.4. The van der Waals surface area contributed by atoms with E-state index in [1.54, 1.807) is 12.5 Å². The van der Waals surface area contributed by atoms with E-state index < -0.39 is 0 Å². The number of rotatable bonds is 5. The Balaban J connectivity index is 1.37. The number of furan rings is 1. The third kappa shape index (κ3) is 3.97. The van der Waals surface area contributed by atoms with Gasteiger partial charge in [0.15, 0.2) is 0 Å². The number of aromatic nitrogens is 1. The fourth-order valence-corrected chi connectivity index (χ4v) is 4.09. The molecule has 0 saturated carbocycles. The minimum absolute atomic E-state index is 0.00290. The maximum Gasteiger partial charge on any atom is 0.223 e. The number of amides is 1. The minimum Gasteiger partial charge on any atom is -0.468 e. The Bertz CT molecular complexity index is 704. The van der Waals surface area contributed by atoms with Crippen molar-refractivity contribution in [2.75, 3.05) is 19.7 Å². The van der Waals surface area contributed by atoms with E-state index in [1.165, 1.54) is 0 Å². The van der Waals surface area contributed by atoms with Crippen molar-refractivity contribution in [3.05, 3.63) is 54.2 Å². The Hall–Kier alpha value is -2.18. The lowest BCUT2D eigenvalue weighted by molar-refractivity contribution is -0.142. The molecule has 1 amide bonds. The molecule has 2 aromatic rings. The monoisotopic (exact) mass is 355 g/mol. The van der Waals surface area contributed by atoms with E-state index in [-0.39, 0.29) is 23.8 Å². The first-order valence-electron chi connectivity index (χ1n) is 9.33. The molecule has 2 aromatic heterocycles. The highest BCUT2D eigenvalue weighted by atomic mass is 16.5. The standard InChI is InChI=1S/C20H25N3O3/c24-20(22-12-15-4-1-2-8-21-15)17-7-11-26-19-6-9-23(14-18(17)19)13-16-5-3-10-25-16/h1-5,8,10,17-19H,6-7,9,11-14H2,(H,22,24)/t17-,18+,19-/m1/s1. The maximum absolute atomic E-state index is 12.8. The first kappa shape index (κ1) is 17.2. The molecule has 138 valence electrons. The van der Waals surface area contributed by atoms with Crippen molar-refractivity contribution >= 4 is 5.91 Å². The largest absolute Gasteiger partial charge is 0.468 e. The molecule has 0 bridgehead atoms. The number of nitrogens with zero attached hydrogens (tertiary/aromatic N) is 2. The Morgan fingerprint density at radius 3 is 3.04 bits per heavy atom. The summed E-state index contributed by atoms with van der Waals surface area (Å²) in [5.41, 5.74) is 0.882. The first-order chi connectivity index (χ1) is 12.8.